The van der Waals surface area contributed by atoms with Crippen LogP contribution in [0.5, 0.6) is 0 Å². The largest absolute Gasteiger partial charge is 0.392 e. The molecule has 2 rings (SSSR count). The first kappa shape index (κ1) is 12.4. The van der Waals surface area contributed by atoms with Crippen LogP contribution in [0, 0.1) is 5.41 Å². The third kappa shape index (κ3) is 2.78. The molecule has 3 unspecified atom stereocenters. The number of aliphatic hydroxyl groups is 1. The van der Waals surface area contributed by atoms with Crippen LogP contribution in [0.15, 0.2) is 0 Å². The second kappa shape index (κ2) is 5.05. The monoisotopic (exact) mass is 225 g/mol. The van der Waals surface area contributed by atoms with Crippen molar-refractivity contribution in [2.75, 3.05) is 0 Å². The molecule has 2 aliphatic rings. The first-order valence-electron chi connectivity index (χ1n) is 7.04. The van der Waals surface area contributed by atoms with E-state index in [0.29, 0.717) is 17.5 Å². The predicted molar refractivity (Wildman–Crippen MR) is 67.4 cm³/mol. The molecular weight excluding hydrogens is 198 g/mol. The zero-order chi connectivity index (χ0) is 11.6. The topological polar surface area (TPSA) is 32.3 Å². The molecule has 2 saturated carbocycles. The third-order valence-electron chi connectivity index (χ3n) is 4.65. The highest BCUT2D eigenvalue weighted by Crippen LogP contribution is 2.36. The lowest BCUT2D eigenvalue weighted by molar-refractivity contribution is 0.0608. The first-order chi connectivity index (χ1) is 7.59. The van der Waals surface area contributed by atoms with E-state index in [0.717, 1.165) is 12.8 Å². The van der Waals surface area contributed by atoms with Crippen LogP contribution in [0.1, 0.15) is 65.2 Å². The molecule has 16 heavy (non-hydrogen) atoms. The average molecular weight is 225 g/mol. The van der Waals surface area contributed by atoms with Crippen molar-refractivity contribution in [2.24, 2.45) is 5.41 Å². The smallest absolute Gasteiger partial charge is 0.0693 e. The molecule has 0 spiro atoms. The number of hydrogen-bond donors (Lipinski definition) is 2. The van der Waals surface area contributed by atoms with Gasteiger partial charge in [0.25, 0.3) is 0 Å². The second-order valence-electron chi connectivity index (χ2n) is 6.41. The minimum atomic E-state index is -0.105. The van der Waals surface area contributed by atoms with Crippen molar-refractivity contribution in [2.45, 2.75) is 83.4 Å². The Bertz CT molecular complexity index is 227. The van der Waals surface area contributed by atoms with Gasteiger partial charge in [0.15, 0.2) is 0 Å². The van der Waals surface area contributed by atoms with E-state index >= 15 is 0 Å². The lowest BCUT2D eigenvalue weighted by Crippen LogP contribution is -2.53. The van der Waals surface area contributed by atoms with Crippen LogP contribution in [0.2, 0.25) is 0 Å². The standard InChI is InChI=1S/C14H27NO/c1-14(2)10-6-5-9-13(14)15-11-7-3-4-8-12(11)16/h11-13,15-16H,3-10H2,1-2H3. The van der Waals surface area contributed by atoms with Crippen LogP contribution >= 0.6 is 0 Å². The Balaban J connectivity index is 1.91. The summed E-state index contributed by atoms with van der Waals surface area (Å²) in [5.74, 6) is 0. The highest BCUT2D eigenvalue weighted by molar-refractivity contribution is 4.92. The van der Waals surface area contributed by atoms with Crippen molar-refractivity contribution in [1.82, 2.24) is 5.32 Å². The fraction of sp³-hybridized carbons (Fsp3) is 1.00. The normalized spacial score (nSPS) is 39.6. The molecule has 0 aromatic carbocycles. The third-order valence-corrected chi connectivity index (χ3v) is 4.65. The Morgan fingerprint density at radius 2 is 1.69 bits per heavy atom. The second-order valence-corrected chi connectivity index (χ2v) is 6.41. The molecule has 3 atom stereocenters. The summed E-state index contributed by atoms with van der Waals surface area (Å²) in [6, 6.07) is 0.968. The van der Waals surface area contributed by atoms with Crippen LogP contribution < -0.4 is 5.32 Å². The molecule has 0 aliphatic heterocycles. The molecule has 2 fully saturated rings. The maximum Gasteiger partial charge on any atom is 0.0693 e. The molecule has 2 aliphatic carbocycles. The molecule has 0 aromatic heterocycles. The van der Waals surface area contributed by atoms with E-state index in [4.69, 9.17) is 0 Å². The highest BCUT2D eigenvalue weighted by atomic mass is 16.3. The summed E-state index contributed by atoms with van der Waals surface area (Å²) in [7, 11) is 0. The van der Waals surface area contributed by atoms with Gasteiger partial charge in [-0.15, -0.1) is 0 Å². The Morgan fingerprint density at radius 1 is 1.00 bits per heavy atom. The lowest BCUT2D eigenvalue weighted by Gasteiger charge is -2.43. The van der Waals surface area contributed by atoms with Gasteiger partial charge in [-0.05, 0) is 31.1 Å². The molecule has 0 radical (unpaired) electrons. The maximum atomic E-state index is 10.0. The number of rotatable bonds is 2. The number of aliphatic hydroxyl groups excluding tert-OH is 1. The van der Waals surface area contributed by atoms with E-state index < -0.39 is 0 Å². The summed E-state index contributed by atoms with van der Waals surface area (Å²) in [6.45, 7) is 4.75. The summed E-state index contributed by atoms with van der Waals surface area (Å²) in [4.78, 5) is 0. The number of nitrogens with one attached hydrogen (secondary N) is 1. The predicted octanol–water partition coefficient (Wildman–Crippen LogP) is 2.85. The van der Waals surface area contributed by atoms with Crippen molar-refractivity contribution >= 4 is 0 Å². The summed E-state index contributed by atoms with van der Waals surface area (Å²) >= 11 is 0. The van der Waals surface area contributed by atoms with E-state index in [1.165, 1.54) is 38.5 Å². The fourth-order valence-corrected chi connectivity index (χ4v) is 3.37. The Morgan fingerprint density at radius 3 is 2.38 bits per heavy atom. The van der Waals surface area contributed by atoms with Gasteiger partial charge in [-0.2, -0.15) is 0 Å². The molecule has 0 saturated heterocycles. The van der Waals surface area contributed by atoms with Gasteiger partial charge in [-0.3, -0.25) is 0 Å². The molecule has 94 valence electrons. The van der Waals surface area contributed by atoms with Gasteiger partial charge in [0.1, 0.15) is 0 Å². The average Bonchev–Trinajstić information content (AvgIpc) is 2.24. The molecule has 2 N–H and O–H groups in total. The van der Waals surface area contributed by atoms with Gasteiger partial charge >= 0.3 is 0 Å². The van der Waals surface area contributed by atoms with E-state index in [-0.39, 0.29) is 6.10 Å². The molecule has 2 heteroatoms. The molecule has 0 aromatic rings. The van der Waals surface area contributed by atoms with Crippen molar-refractivity contribution in [3.8, 4) is 0 Å². The van der Waals surface area contributed by atoms with Crippen molar-refractivity contribution < 1.29 is 5.11 Å². The Labute approximate surface area is 99.8 Å². The first-order valence-corrected chi connectivity index (χ1v) is 7.04. The molecule has 0 amide bonds. The summed E-state index contributed by atoms with van der Waals surface area (Å²) in [5, 5.41) is 13.8. The minimum absolute atomic E-state index is 0.105. The van der Waals surface area contributed by atoms with Crippen LogP contribution in [-0.2, 0) is 0 Å². The SMILES string of the molecule is CC1(C)CCCCC1NC1CCCCC1O. The summed E-state index contributed by atoms with van der Waals surface area (Å²) in [6.07, 6.45) is 9.87. The van der Waals surface area contributed by atoms with Crippen molar-refractivity contribution in [3.63, 3.8) is 0 Å². The zero-order valence-corrected chi connectivity index (χ0v) is 10.8. The summed E-state index contributed by atoms with van der Waals surface area (Å²) in [5.41, 5.74) is 0.412. The lowest BCUT2D eigenvalue weighted by atomic mass is 9.72. The molecule has 0 heterocycles. The molecular formula is C14H27NO. The van der Waals surface area contributed by atoms with Gasteiger partial charge in [-0.1, -0.05) is 39.5 Å². The Kier molecular flexibility index (Phi) is 3.91. The van der Waals surface area contributed by atoms with E-state index in [2.05, 4.69) is 19.2 Å². The van der Waals surface area contributed by atoms with Gasteiger partial charge in [-0.25, -0.2) is 0 Å². The number of hydrogen-bond acceptors (Lipinski definition) is 2. The van der Waals surface area contributed by atoms with Crippen LogP contribution in [0.4, 0.5) is 0 Å². The molecule has 2 nitrogen and oxygen atoms in total. The van der Waals surface area contributed by atoms with E-state index in [9.17, 15) is 5.11 Å². The Hall–Kier alpha value is -0.0800. The van der Waals surface area contributed by atoms with Gasteiger partial charge in [0.2, 0.25) is 0 Å². The van der Waals surface area contributed by atoms with Gasteiger partial charge in [0, 0.05) is 12.1 Å². The molecule has 0 bridgehead atoms. The van der Waals surface area contributed by atoms with E-state index in [1.54, 1.807) is 0 Å². The highest BCUT2D eigenvalue weighted by Gasteiger charge is 2.35. The van der Waals surface area contributed by atoms with Crippen molar-refractivity contribution in [3.05, 3.63) is 0 Å². The fourth-order valence-electron chi connectivity index (χ4n) is 3.37. The minimum Gasteiger partial charge on any atom is -0.392 e. The van der Waals surface area contributed by atoms with Gasteiger partial charge in [0.05, 0.1) is 6.10 Å². The van der Waals surface area contributed by atoms with E-state index in [1.807, 2.05) is 0 Å². The van der Waals surface area contributed by atoms with Gasteiger partial charge < -0.3 is 10.4 Å². The van der Waals surface area contributed by atoms with Crippen molar-refractivity contribution in [1.29, 1.82) is 0 Å². The van der Waals surface area contributed by atoms with Crippen LogP contribution in [0.3, 0.4) is 0 Å². The van der Waals surface area contributed by atoms with Crippen LogP contribution in [-0.4, -0.2) is 23.3 Å². The summed E-state index contributed by atoms with van der Waals surface area (Å²) < 4.78 is 0. The zero-order valence-electron chi connectivity index (χ0n) is 10.8. The maximum absolute atomic E-state index is 10.0. The quantitative estimate of drug-likeness (QED) is 0.757. The van der Waals surface area contributed by atoms with Crippen LogP contribution in [0.25, 0.3) is 0 Å².